The number of aryl methyl sites for hydroxylation is 2. The molecule has 0 aliphatic heterocycles. The van der Waals surface area contributed by atoms with E-state index in [-0.39, 0.29) is 4.75 Å². The van der Waals surface area contributed by atoms with Crippen LogP contribution in [0.25, 0.3) is 0 Å². The minimum atomic E-state index is 0.253. The molecule has 4 nitrogen and oxygen atoms in total. The summed E-state index contributed by atoms with van der Waals surface area (Å²) in [6, 6.07) is 0. The number of thioether (sulfide) groups is 1. The summed E-state index contributed by atoms with van der Waals surface area (Å²) in [7, 11) is 3.59. The minimum Gasteiger partial charge on any atom is -0.481 e. The van der Waals surface area contributed by atoms with E-state index in [0.717, 1.165) is 30.2 Å². The molecule has 98 valence electrons. The van der Waals surface area contributed by atoms with Crippen LogP contribution in [-0.2, 0) is 13.6 Å². The van der Waals surface area contributed by atoms with Crippen molar-refractivity contribution in [3.05, 3.63) is 11.3 Å². The first-order valence-electron chi connectivity index (χ1n) is 5.73. The van der Waals surface area contributed by atoms with Crippen LogP contribution in [0.5, 0.6) is 5.88 Å². The molecule has 17 heavy (non-hydrogen) atoms. The Kier molecular flexibility index (Phi) is 4.89. The molecule has 1 N–H and O–H groups in total. The maximum atomic E-state index is 5.36. The van der Waals surface area contributed by atoms with Gasteiger partial charge >= 0.3 is 0 Å². The van der Waals surface area contributed by atoms with Gasteiger partial charge < -0.3 is 10.1 Å². The number of hydrogen-bond donors (Lipinski definition) is 1. The van der Waals surface area contributed by atoms with Crippen molar-refractivity contribution in [1.29, 1.82) is 0 Å². The van der Waals surface area contributed by atoms with E-state index in [9.17, 15) is 0 Å². The van der Waals surface area contributed by atoms with Crippen LogP contribution in [0, 0.1) is 6.92 Å². The average Bonchev–Trinajstić information content (AvgIpc) is 2.53. The van der Waals surface area contributed by atoms with Crippen LogP contribution in [-0.4, -0.2) is 34.4 Å². The largest absolute Gasteiger partial charge is 0.481 e. The third-order valence-corrected chi connectivity index (χ3v) is 4.14. The van der Waals surface area contributed by atoms with Crippen LogP contribution in [0.2, 0.25) is 0 Å². The summed E-state index contributed by atoms with van der Waals surface area (Å²) in [5.74, 6) is 0.844. The van der Waals surface area contributed by atoms with Gasteiger partial charge in [0, 0.05) is 24.9 Å². The fraction of sp³-hybridized carbons (Fsp3) is 0.750. The van der Waals surface area contributed by atoms with E-state index >= 15 is 0 Å². The van der Waals surface area contributed by atoms with E-state index in [1.807, 2.05) is 25.7 Å². The molecule has 0 aromatic carbocycles. The van der Waals surface area contributed by atoms with Crippen LogP contribution < -0.4 is 10.1 Å². The third-order valence-electron chi connectivity index (χ3n) is 2.89. The number of nitrogens with one attached hydrogen (secondary N) is 1. The molecule has 0 saturated heterocycles. The van der Waals surface area contributed by atoms with E-state index in [0.29, 0.717) is 0 Å². The second-order valence-electron chi connectivity index (χ2n) is 4.76. The number of nitrogens with zero attached hydrogens (tertiary/aromatic N) is 2. The van der Waals surface area contributed by atoms with Crippen molar-refractivity contribution >= 4 is 11.8 Å². The van der Waals surface area contributed by atoms with E-state index in [4.69, 9.17) is 4.74 Å². The van der Waals surface area contributed by atoms with Crippen molar-refractivity contribution in [2.75, 3.05) is 19.9 Å². The smallest absolute Gasteiger partial charge is 0.216 e. The third kappa shape index (κ3) is 3.64. The first-order valence-corrected chi connectivity index (χ1v) is 6.96. The van der Waals surface area contributed by atoms with Crippen molar-refractivity contribution in [3.63, 3.8) is 0 Å². The van der Waals surface area contributed by atoms with Gasteiger partial charge in [-0.3, -0.25) is 0 Å². The molecule has 0 atom stereocenters. The number of methoxy groups -OCH3 is 1. The highest BCUT2D eigenvalue weighted by Gasteiger charge is 2.17. The van der Waals surface area contributed by atoms with Gasteiger partial charge in [-0.2, -0.15) is 16.9 Å². The van der Waals surface area contributed by atoms with Gasteiger partial charge in [-0.1, -0.05) is 0 Å². The molecule has 1 rings (SSSR count). The molecule has 0 aliphatic carbocycles. The zero-order valence-electron chi connectivity index (χ0n) is 11.6. The fourth-order valence-corrected chi connectivity index (χ4v) is 1.95. The Hall–Kier alpha value is -0.680. The summed E-state index contributed by atoms with van der Waals surface area (Å²) < 4.78 is 7.40. The molecule has 1 aromatic rings. The second kappa shape index (κ2) is 5.78. The van der Waals surface area contributed by atoms with Crippen molar-refractivity contribution in [2.45, 2.75) is 32.1 Å². The Bertz CT molecular complexity index is 374. The Morgan fingerprint density at radius 3 is 2.65 bits per heavy atom. The molecule has 0 unspecified atom stereocenters. The van der Waals surface area contributed by atoms with Gasteiger partial charge in [-0.15, -0.1) is 0 Å². The summed E-state index contributed by atoms with van der Waals surface area (Å²) in [6.07, 6.45) is 2.14. The first-order chi connectivity index (χ1) is 7.91. The van der Waals surface area contributed by atoms with E-state index in [1.54, 1.807) is 11.8 Å². The minimum absolute atomic E-state index is 0.253. The second-order valence-corrected chi connectivity index (χ2v) is 6.28. The van der Waals surface area contributed by atoms with Gasteiger partial charge in [0.1, 0.15) is 0 Å². The highest BCUT2D eigenvalue weighted by molar-refractivity contribution is 7.99. The van der Waals surface area contributed by atoms with Crippen molar-refractivity contribution in [3.8, 4) is 5.88 Å². The lowest BCUT2D eigenvalue weighted by Crippen LogP contribution is -2.31. The number of ether oxygens (including phenoxy) is 1. The Labute approximate surface area is 108 Å². The Morgan fingerprint density at radius 1 is 1.47 bits per heavy atom. The van der Waals surface area contributed by atoms with E-state index in [1.165, 1.54) is 0 Å². The molecule has 0 radical (unpaired) electrons. The van der Waals surface area contributed by atoms with Gasteiger partial charge in [0.15, 0.2) is 0 Å². The lowest BCUT2D eigenvalue weighted by molar-refractivity contribution is 0.367. The predicted octanol–water partition coefficient (Wildman–Crippen LogP) is 1.97. The van der Waals surface area contributed by atoms with Crippen LogP contribution in [0.4, 0.5) is 0 Å². The van der Waals surface area contributed by atoms with E-state index in [2.05, 4.69) is 30.5 Å². The van der Waals surface area contributed by atoms with Gasteiger partial charge in [0.2, 0.25) is 5.88 Å². The highest BCUT2D eigenvalue weighted by atomic mass is 32.2. The Balaban J connectivity index is 2.63. The summed E-state index contributed by atoms with van der Waals surface area (Å²) >= 11 is 1.87. The molecular weight excluding hydrogens is 234 g/mol. The lowest BCUT2D eigenvalue weighted by atomic mass is 10.2. The molecule has 0 saturated carbocycles. The van der Waals surface area contributed by atoms with Crippen molar-refractivity contribution in [1.82, 2.24) is 15.1 Å². The normalized spacial score (nSPS) is 11.9. The van der Waals surface area contributed by atoms with Crippen molar-refractivity contribution < 1.29 is 4.74 Å². The molecule has 1 heterocycles. The zero-order valence-corrected chi connectivity index (χ0v) is 12.4. The summed E-state index contributed by atoms with van der Waals surface area (Å²) in [5.41, 5.74) is 2.17. The van der Waals surface area contributed by atoms with Gasteiger partial charge in [-0.05, 0) is 27.0 Å². The maximum absolute atomic E-state index is 5.36. The molecule has 5 heteroatoms. The Morgan fingerprint density at radius 2 is 2.12 bits per heavy atom. The molecule has 0 spiro atoms. The monoisotopic (exact) mass is 257 g/mol. The fourth-order valence-electron chi connectivity index (χ4n) is 1.70. The van der Waals surface area contributed by atoms with Crippen LogP contribution >= 0.6 is 11.8 Å². The topological polar surface area (TPSA) is 39.1 Å². The quantitative estimate of drug-likeness (QED) is 0.845. The SMILES string of the molecule is COc1c(CNCC(C)(C)SC)c(C)nn1C. The van der Waals surface area contributed by atoms with E-state index < -0.39 is 0 Å². The van der Waals surface area contributed by atoms with Crippen LogP contribution in [0.3, 0.4) is 0 Å². The van der Waals surface area contributed by atoms with Gasteiger partial charge in [0.25, 0.3) is 0 Å². The summed E-state index contributed by atoms with van der Waals surface area (Å²) in [6.45, 7) is 8.24. The van der Waals surface area contributed by atoms with Crippen LogP contribution in [0.15, 0.2) is 0 Å². The van der Waals surface area contributed by atoms with Gasteiger partial charge in [0.05, 0.1) is 18.4 Å². The lowest BCUT2D eigenvalue weighted by Gasteiger charge is -2.22. The summed E-state index contributed by atoms with van der Waals surface area (Å²) in [4.78, 5) is 0. The van der Waals surface area contributed by atoms with Crippen LogP contribution in [0.1, 0.15) is 25.1 Å². The summed E-state index contributed by atoms with van der Waals surface area (Å²) in [5, 5.41) is 7.83. The number of aromatic nitrogens is 2. The molecule has 0 fully saturated rings. The first kappa shape index (κ1) is 14.4. The maximum Gasteiger partial charge on any atom is 0.216 e. The zero-order chi connectivity index (χ0) is 13.1. The number of rotatable bonds is 6. The molecule has 1 aromatic heterocycles. The van der Waals surface area contributed by atoms with Gasteiger partial charge in [-0.25, -0.2) is 4.68 Å². The highest BCUT2D eigenvalue weighted by Crippen LogP contribution is 2.22. The number of hydrogen-bond acceptors (Lipinski definition) is 4. The predicted molar refractivity (Wildman–Crippen MR) is 73.8 cm³/mol. The molecule has 0 aliphatic rings. The van der Waals surface area contributed by atoms with Crippen molar-refractivity contribution in [2.24, 2.45) is 7.05 Å². The molecular formula is C12H23N3OS. The average molecular weight is 257 g/mol. The standard InChI is InChI=1S/C12H23N3OS/c1-9-10(11(16-5)15(4)14-9)7-13-8-12(2,3)17-6/h13H,7-8H2,1-6H3. The molecule has 0 bridgehead atoms. The molecule has 0 amide bonds.